The number of rotatable bonds is 6. The molecule has 1 rings (SSSR count). The van der Waals surface area contributed by atoms with Crippen LogP contribution in [0.1, 0.15) is 39.5 Å². The van der Waals surface area contributed by atoms with E-state index in [2.05, 4.69) is 5.32 Å². The number of hydrogen-bond acceptors (Lipinski definition) is 3. The highest BCUT2D eigenvalue weighted by Crippen LogP contribution is 2.24. The second kappa shape index (κ2) is 7.10. The molecule has 0 aromatic heterocycles. The van der Waals surface area contributed by atoms with Crippen LogP contribution in [0.4, 0.5) is 0 Å². The third kappa shape index (κ3) is 3.69. The number of nitrogens with zero attached hydrogens (tertiary/aromatic N) is 1. The molecule has 1 N–H and O–H groups in total. The molecule has 0 spiro atoms. The number of ether oxygens (including phenoxy) is 1. The van der Waals surface area contributed by atoms with Gasteiger partial charge in [-0.25, -0.2) is 0 Å². The summed E-state index contributed by atoms with van der Waals surface area (Å²) in [6.45, 7) is 6.73. The highest BCUT2D eigenvalue weighted by molar-refractivity contribution is 5.84. The zero-order chi connectivity index (χ0) is 13.6. The van der Waals surface area contributed by atoms with Gasteiger partial charge in [-0.05, 0) is 52.1 Å². The molecule has 1 aliphatic rings. The molecule has 1 heterocycles. The Hall–Kier alpha value is -0.610. The summed E-state index contributed by atoms with van der Waals surface area (Å²) >= 11 is 0. The van der Waals surface area contributed by atoms with Crippen molar-refractivity contribution in [2.24, 2.45) is 5.92 Å². The molecule has 1 amide bonds. The van der Waals surface area contributed by atoms with E-state index in [0.29, 0.717) is 0 Å². The Morgan fingerprint density at radius 1 is 1.44 bits per heavy atom. The molecule has 4 heteroatoms. The van der Waals surface area contributed by atoms with Gasteiger partial charge in [0.05, 0.1) is 0 Å². The molecule has 0 radical (unpaired) electrons. The summed E-state index contributed by atoms with van der Waals surface area (Å²) in [7, 11) is 3.62. The van der Waals surface area contributed by atoms with E-state index in [4.69, 9.17) is 4.74 Å². The molecule has 0 saturated carbocycles. The van der Waals surface area contributed by atoms with Crippen molar-refractivity contribution in [1.29, 1.82) is 0 Å². The fourth-order valence-electron chi connectivity index (χ4n) is 2.49. The summed E-state index contributed by atoms with van der Waals surface area (Å²) in [6.07, 6.45) is 4.18. The largest absolute Gasteiger partial charge is 0.369 e. The normalized spacial score (nSPS) is 20.8. The second-order valence-corrected chi connectivity index (χ2v) is 5.42. The molecule has 4 nitrogen and oxygen atoms in total. The smallest absolute Gasteiger partial charge is 0.254 e. The predicted octanol–water partition coefficient (Wildman–Crippen LogP) is 1.65. The molecule has 0 aromatic carbocycles. The third-order valence-corrected chi connectivity index (χ3v) is 4.28. The van der Waals surface area contributed by atoms with Gasteiger partial charge in [0.25, 0.3) is 5.91 Å². The topological polar surface area (TPSA) is 41.6 Å². The van der Waals surface area contributed by atoms with E-state index in [9.17, 15) is 4.79 Å². The number of carbonyl (C=O) groups is 1. The van der Waals surface area contributed by atoms with Gasteiger partial charge < -0.3 is 15.0 Å². The Morgan fingerprint density at radius 2 is 2.06 bits per heavy atom. The number of nitrogens with one attached hydrogen (secondary N) is 1. The summed E-state index contributed by atoms with van der Waals surface area (Å²) in [6, 6.07) is 0. The molecule has 1 saturated heterocycles. The van der Waals surface area contributed by atoms with Crippen molar-refractivity contribution in [2.75, 3.05) is 33.8 Å². The molecule has 1 atom stereocenters. The van der Waals surface area contributed by atoms with E-state index in [0.717, 1.165) is 44.8 Å². The van der Waals surface area contributed by atoms with Crippen molar-refractivity contribution in [3.63, 3.8) is 0 Å². The van der Waals surface area contributed by atoms with Crippen molar-refractivity contribution >= 4 is 5.91 Å². The molecular weight excluding hydrogens is 228 g/mol. The second-order valence-electron chi connectivity index (χ2n) is 5.42. The maximum absolute atomic E-state index is 12.4. The van der Waals surface area contributed by atoms with Crippen LogP contribution in [0, 0.1) is 5.92 Å². The predicted molar refractivity (Wildman–Crippen MR) is 73.6 cm³/mol. The van der Waals surface area contributed by atoms with E-state index in [1.807, 2.05) is 25.8 Å². The fourth-order valence-corrected chi connectivity index (χ4v) is 2.49. The van der Waals surface area contributed by atoms with Crippen molar-refractivity contribution in [3.05, 3.63) is 0 Å². The van der Waals surface area contributed by atoms with Crippen LogP contribution in [-0.4, -0.2) is 50.2 Å². The standard InChI is InChI=1S/C14H28N2O2/c1-5-14(2,18-4)13(17)16-10-7-12(8-11-16)6-9-15-3/h12,15H,5-11H2,1-4H3. The van der Waals surface area contributed by atoms with E-state index in [1.54, 1.807) is 7.11 Å². The summed E-state index contributed by atoms with van der Waals surface area (Å²) in [4.78, 5) is 14.4. The molecule has 0 aliphatic carbocycles. The van der Waals surface area contributed by atoms with E-state index < -0.39 is 5.60 Å². The summed E-state index contributed by atoms with van der Waals surface area (Å²) in [5, 5.41) is 3.19. The zero-order valence-electron chi connectivity index (χ0n) is 12.3. The monoisotopic (exact) mass is 256 g/mol. The van der Waals surface area contributed by atoms with Crippen LogP contribution in [0.3, 0.4) is 0 Å². The first-order chi connectivity index (χ1) is 8.57. The van der Waals surface area contributed by atoms with Crippen molar-refractivity contribution in [2.45, 2.75) is 45.1 Å². The van der Waals surface area contributed by atoms with Crippen LogP contribution in [0.15, 0.2) is 0 Å². The first-order valence-corrected chi connectivity index (χ1v) is 7.06. The van der Waals surface area contributed by atoms with Gasteiger partial charge in [-0.2, -0.15) is 0 Å². The number of methoxy groups -OCH3 is 1. The molecule has 106 valence electrons. The van der Waals surface area contributed by atoms with Gasteiger partial charge in [0.15, 0.2) is 0 Å². The Labute approximate surface area is 111 Å². The molecule has 1 unspecified atom stereocenters. The summed E-state index contributed by atoms with van der Waals surface area (Å²) < 4.78 is 5.39. The Morgan fingerprint density at radius 3 is 2.50 bits per heavy atom. The van der Waals surface area contributed by atoms with Gasteiger partial charge in [-0.15, -0.1) is 0 Å². The molecule has 18 heavy (non-hydrogen) atoms. The Bertz CT molecular complexity index is 257. The lowest BCUT2D eigenvalue weighted by Crippen LogP contribution is -2.50. The minimum Gasteiger partial charge on any atom is -0.369 e. The maximum Gasteiger partial charge on any atom is 0.254 e. The Balaban J connectivity index is 2.45. The van der Waals surface area contributed by atoms with Crippen LogP contribution in [-0.2, 0) is 9.53 Å². The lowest BCUT2D eigenvalue weighted by Gasteiger charge is -2.37. The van der Waals surface area contributed by atoms with Gasteiger partial charge in [0, 0.05) is 20.2 Å². The SMILES string of the molecule is CCC(C)(OC)C(=O)N1CCC(CCNC)CC1. The van der Waals surface area contributed by atoms with Crippen LogP contribution in [0.2, 0.25) is 0 Å². The average Bonchev–Trinajstić information content (AvgIpc) is 2.44. The van der Waals surface area contributed by atoms with Gasteiger partial charge in [0.2, 0.25) is 0 Å². The van der Waals surface area contributed by atoms with Crippen molar-refractivity contribution in [3.8, 4) is 0 Å². The van der Waals surface area contributed by atoms with E-state index >= 15 is 0 Å². The van der Waals surface area contributed by atoms with Gasteiger partial charge in [-0.1, -0.05) is 6.92 Å². The molecule has 0 aromatic rings. The molecule has 1 fully saturated rings. The van der Waals surface area contributed by atoms with Crippen LogP contribution in [0.5, 0.6) is 0 Å². The Kier molecular flexibility index (Phi) is 6.09. The highest BCUT2D eigenvalue weighted by Gasteiger charge is 2.36. The number of likely N-dealkylation sites (tertiary alicyclic amines) is 1. The molecule has 0 bridgehead atoms. The van der Waals surface area contributed by atoms with Crippen LogP contribution >= 0.6 is 0 Å². The summed E-state index contributed by atoms with van der Waals surface area (Å²) in [5.41, 5.74) is -0.641. The van der Waals surface area contributed by atoms with Gasteiger partial charge in [0.1, 0.15) is 5.60 Å². The fraction of sp³-hybridized carbons (Fsp3) is 0.929. The van der Waals surface area contributed by atoms with Gasteiger partial charge in [-0.3, -0.25) is 4.79 Å². The summed E-state index contributed by atoms with van der Waals surface area (Å²) in [5.74, 6) is 0.913. The van der Waals surface area contributed by atoms with E-state index in [-0.39, 0.29) is 5.91 Å². The first kappa shape index (κ1) is 15.4. The highest BCUT2D eigenvalue weighted by atomic mass is 16.5. The van der Waals surface area contributed by atoms with E-state index in [1.165, 1.54) is 6.42 Å². The van der Waals surface area contributed by atoms with Crippen LogP contribution < -0.4 is 5.32 Å². The maximum atomic E-state index is 12.4. The van der Waals surface area contributed by atoms with Crippen molar-refractivity contribution < 1.29 is 9.53 Å². The number of carbonyl (C=O) groups excluding carboxylic acids is 1. The number of piperidine rings is 1. The lowest BCUT2D eigenvalue weighted by molar-refractivity contribution is -0.154. The first-order valence-electron chi connectivity index (χ1n) is 7.06. The van der Waals surface area contributed by atoms with Crippen molar-refractivity contribution in [1.82, 2.24) is 10.2 Å². The average molecular weight is 256 g/mol. The number of hydrogen-bond donors (Lipinski definition) is 1. The zero-order valence-corrected chi connectivity index (χ0v) is 12.3. The number of amides is 1. The molecular formula is C14H28N2O2. The van der Waals surface area contributed by atoms with Crippen LogP contribution in [0.25, 0.3) is 0 Å². The minimum absolute atomic E-state index is 0.152. The molecule has 1 aliphatic heterocycles. The quantitative estimate of drug-likeness (QED) is 0.785. The minimum atomic E-state index is -0.641. The lowest BCUT2D eigenvalue weighted by atomic mass is 9.92. The van der Waals surface area contributed by atoms with Gasteiger partial charge >= 0.3 is 0 Å². The third-order valence-electron chi connectivity index (χ3n) is 4.28.